The molecule has 0 unspecified atom stereocenters. The molecule has 0 saturated heterocycles. The first kappa shape index (κ1) is 18.4. The van der Waals surface area contributed by atoms with Crippen LogP contribution in [0.4, 0.5) is 11.5 Å². The predicted octanol–water partition coefficient (Wildman–Crippen LogP) is 5.32. The molecule has 0 saturated carbocycles. The highest BCUT2D eigenvalue weighted by molar-refractivity contribution is 7.80. The van der Waals surface area contributed by atoms with E-state index < -0.39 is 0 Å². The van der Waals surface area contributed by atoms with Gasteiger partial charge in [0.15, 0.2) is 10.9 Å². The molecule has 134 valence electrons. The van der Waals surface area contributed by atoms with E-state index in [1.807, 2.05) is 48.0 Å². The number of hydrogen-bond donors (Lipinski definition) is 2. The minimum atomic E-state index is 0.518. The summed E-state index contributed by atoms with van der Waals surface area (Å²) < 4.78 is 1.93. The number of rotatable bonds is 4. The van der Waals surface area contributed by atoms with Gasteiger partial charge in [0.2, 0.25) is 0 Å². The summed E-state index contributed by atoms with van der Waals surface area (Å²) >= 11 is 11.3. The van der Waals surface area contributed by atoms with E-state index in [1.165, 1.54) is 11.1 Å². The van der Waals surface area contributed by atoms with Gasteiger partial charge < -0.3 is 10.6 Å². The Morgan fingerprint density at radius 1 is 1.00 bits per heavy atom. The number of aryl methyl sites for hydroxylation is 3. The Bertz CT molecular complexity index is 931. The maximum atomic E-state index is 5.94. The fourth-order valence-corrected chi connectivity index (χ4v) is 2.94. The van der Waals surface area contributed by atoms with E-state index in [1.54, 1.807) is 0 Å². The molecule has 0 spiro atoms. The smallest absolute Gasteiger partial charge is 0.176 e. The van der Waals surface area contributed by atoms with E-state index in [9.17, 15) is 0 Å². The first-order valence-corrected chi connectivity index (χ1v) is 9.13. The molecule has 0 aliphatic rings. The average molecular weight is 385 g/mol. The van der Waals surface area contributed by atoms with Crippen LogP contribution in [0.2, 0.25) is 5.02 Å². The zero-order valence-electron chi connectivity index (χ0n) is 15.0. The Kier molecular flexibility index (Phi) is 5.59. The molecule has 2 N–H and O–H groups in total. The van der Waals surface area contributed by atoms with E-state index in [4.69, 9.17) is 23.8 Å². The molecule has 0 fully saturated rings. The van der Waals surface area contributed by atoms with Crippen LogP contribution in [0.1, 0.15) is 22.4 Å². The molecule has 0 amide bonds. The van der Waals surface area contributed by atoms with E-state index in [2.05, 4.69) is 41.7 Å². The van der Waals surface area contributed by atoms with Crippen LogP contribution in [0.15, 0.2) is 48.5 Å². The molecule has 0 aliphatic heterocycles. The summed E-state index contributed by atoms with van der Waals surface area (Å²) in [5.41, 5.74) is 5.63. The van der Waals surface area contributed by atoms with Gasteiger partial charge in [-0.1, -0.05) is 29.8 Å². The van der Waals surface area contributed by atoms with Gasteiger partial charge in [-0.25, -0.2) is 0 Å². The Morgan fingerprint density at radius 3 is 2.42 bits per heavy atom. The number of nitrogens with one attached hydrogen (secondary N) is 2. The van der Waals surface area contributed by atoms with E-state index in [0.29, 0.717) is 11.7 Å². The summed E-state index contributed by atoms with van der Waals surface area (Å²) in [6, 6.07) is 15.9. The van der Waals surface area contributed by atoms with Gasteiger partial charge in [0, 0.05) is 22.5 Å². The lowest BCUT2D eigenvalue weighted by atomic mass is 10.1. The first-order chi connectivity index (χ1) is 12.4. The minimum Gasteiger partial charge on any atom is -0.332 e. The zero-order chi connectivity index (χ0) is 18.7. The van der Waals surface area contributed by atoms with Crippen molar-refractivity contribution in [3.63, 3.8) is 0 Å². The largest absolute Gasteiger partial charge is 0.332 e. The summed E-state index contributed by atoms with van der Waals surface area (Å²) in [5.74, 6) is 0.720. The van der Waals surface area contributed by atoms with Crippen molar-refractivity contribution in [3.8, 4) is 0 Å². The first-order valence-electron chi connectivity index (χ1n) is 8.35. The summed E-state index contributed by atoms with van der Waals surface area (Å²) in [6.45, 7) is 6.88. The second-order valence-electron chi connectivity index (χ2n) is 6.33. The molecule has 0 aliphatic carbocycles. The molecule has 2 aromatic carbocycles. The SMILES string of the molecule is Cc1ccc(NC(=S)Nc2cc(C)n(Cc3ccc(Cl)cc3)n2)cc1C. The van der Waals surface area contributed by atoms with E-state index in [-0.39, 0.29) is 0 Å². The van der Waals surface area contributed by atoms with Crippen molar-refractivity contribution in [2.24, 2.45) is 0 Å². The van der Waals surface area contributed by atoms with Crippen LogP contribution in [-0.4, -0.2) is 14.9 Å². The molecular weight excluding hydrogens is 364 g/mol. The van der Waals surface area contributed by atoms with Crippen molar-refractivity contribution < 1.29 is 0 Å². The molecule has 26 heavy (non-hydrogen) atoms. The maximum absolute atomic E-state index is 5.94. The summed E-state index contributed by atoms with van der Waals surface area (Å²) in [5, 5.41) is 12.2. The van der Waals surface area contributed by atoms with Gasteiger partial charge >= 0.3 is 0 Å². The fraction of sp³-hybridized carbons (Fsp3) is 0.200. The minimum absolute atomic E-state index is 0.518. The van der Waals surface area contributed by atoms with Crippen LogP contribution < -0.4 is 10.6 Å². The fourth-order valence-electron chi connectivity index (χ4n) is 2.59. The standard InChI is InChI=1S/C20H21ClN4S/c1-13-4-9-18(10-14(13)2)22-20(26)23-19-11-15(3)25(24-19)12-16-5-7-17(21)8-6-16/h4-11H,12H2,1-3H3,(H2,22,23,24,26). The van der Waals surface area contributed by atoms with Gasteiger partial charge in [-0.05, 0) is 73.9 Å². The number of thiocarbonyl (C=S) groups is 1. The lowest BCUT2D eigenvalue weighted by Crippen LogP contribution is -2.19. The van der Waals surface area contributed by atoms with Gasteiger partial charge in [-0.15, -0.1) is 0 Å². The molecule has 0 atom stereocenters. The molecule has 1 heterocycles. The number of benzene rings is 2. The van der Waals surface area contributed by atoms with Crippen molar-refractivity contribution in [1.82, 2.24) is 9.78 Å². The van der Waals surface area contributed by atoms with Crippen LogP contribution in [-0.2, 0) is 6.54 Å². The second-order valence-corrected chi connectivity index (χ2v) is 7.18. The third-order valence-electron chi connectivity index (χ3n) is 4.23. The summed E-state index contributed by atoms with van der Waals surface area (Å²) in [6.07, 6.45) is 0. The molecule has 1 aromatic heterocycles. The number of hydrogen-bond acceptors (Lipinski definition) is 2. The highest BCUT2D eigenvalue weighted by Gasteiger charge is 2.07. The molecule has 0 radical (unpaired) electrons. The van der Waals surface area contributed by atoms with Crippen LogP contribution in [0.25, 0.3) is 0 Å². The van der Waals surface area contributed by atoms with Gasteiger partial charge in [-0.3, -0.25) is 4.68 Å². The normalized spacial score (nSPS) is 10.6. The van der Waals surface area contributed by atoms with Crippen LogP contribution in [0.5, 0.6) is 0 Å². The highest BCUT2D eigenvalue weighted by Crippen LogP contribution is 2.16. The molecule has 0 bridgehead atoms. The Hall–Kier alpha value is -2.37. The monoisotopic (exact) mass is 384 g/mol. The maximum Gasteiger partial charge on any atom is 0.176 e. The lowest BCUT2D eigenvalue weighted by Gasteiger charge is -2.10. The topological polar surface area (TPSA) is 41.9 Å². The Morgan fingerprint density at radius 2 is 1.73 bits per heavy atom. The van der Waals surface area contributed by atoms with Crippen molar-refractivity contribution in [2.45, 2.75) is 27.3 Å². The molecule has 4 nitrogen and oxygen atoms in total. The quantitative estimate of drug-likeness (QED) is 0.597. The van der Waals surface area contributed by atoms with Gasteiger partial charge in [-0.2, -0.15) is 5.10 Å². The molecule has 3 rings (SSSR count). The number of aromatic nitrogens is 2. The Labute approximate surface area is 164 Å². The molecule has 6 heteroatoms. The predicted molar refractivity (Wildman–Crippen MR) is 113 cm³/mol. The van der Waals surface area contributed by atoms with Crippen molar-refractivity contribution in [2.75, 3.05) is 10.6 Å². The van der Waals surface area contributed by atoms with Crippen LogP contribution in [0, 0.1) is 20.8 Å². The number of nitrogens with zero attached hydrogens (tertiary/aromatic N) is 2. The highest BCUT2D eigenvalue weighted by atomic mass is 35.5. The second kappa shape index (κ2) is 7.89. The van der Waals surface area contributed by atoms with Crippen molar-refractivity contribution in [1.29, 1.82) is 0 Å². The summed E-state index contributed by atoms with van der Waals surface area (Å²) in [4.78, 5) is 0. The lowest BCUT2D eigenvalue weighted by molar-refractivity contribution is 0.668. The number of halogens is 1. The summed E-state index contributed by atoms with van der Waals surface area (Å²) in [7, 11) is 0. The van der Waals surface area contributed by atoms with Crippen LogP contribution >= 0.6 is 23.8 Å². The zero-order valence-corrected chi connectivity index (χ0v) is 16.6. The third-order valence-corrected chi connectivity index (χ3v) is 4.69. The van der Waals surface area contributed by atoms with Gasteiger partial charge in [0.05, 0.1) is 6.54 Å². The third kappa shape index (κ3) is 4.62. The average Bonchev–Trinajstić information content (AvgIpc) is 2.92. The van der Waals surface area contributed by atoms with Crippen molar-refractivity contribution >= 4 is 40.4 Å². The van der Waals surface area contributed by atoms with E-state index >= 15 is 0 Å². The number of anilines is 2. The van der Waals surface area contributed by atoms with Gasteiger partial charge in [0.1, 0.15) is 0 Å². The Balaban J connectivity index is 1.65. The van der Waals surface area contributed by atoms with Gasteiger partial charge in [0.25, 0.3) is 0 Å². The molecular formula is C20H21ClN4S. The molecule has 3 aromatic rings. The van der Waals surface area contributed by atoms with Crippen molar-refractivity contribution in [3.05, 3.63) is 75.9 Å². The van der Waals surface area contributed by atoms with Crippen LogP contribution in [0.3, 0.4) is 0 Å². The van der Waals surface area contributed by atoms with E-state index in [0.717, 1.165) is 27.8 Å².